The molecule has 4 amide bonds. The third kappa shape index (κ3) is 4.84. The largest absolute Gasteiger partial charge is 0.449 e. The van der Waals surface area contributed by atoms with Gasteiger partial charge in [-0.1, -0.05) is 35.9 Å². The molecule has 0 aliphatic carbocycles. The summed E-state index contributed by atoms with van der Waals surface area (Å²) in [6, 6.07) is -0.587. The molecule has 8 heteroatoms. The molecular formula is C11H18IN3O4. The van der Waals surface area contributed by atoms with Crippen LogP contribution in [0.5, 0.6) is 0 Å². The van der Waals surface area contributed by atoms with Crippen LogP contribution in [0.4, 0.5) is 9.59 Å². The van der Waals surface area contributed by atoms with Gasteiger partial charge in [-0.3, -0.25) is 15.0 Å². The van der Waals surface area contributed by atoms with E-state index in [0.29, 0.717) is 13.2 Å². The molecule has 1 aliphatic heterocycles. The SMILES string of the molecule is CCCCOC(=O)N(CCCI)C1NC(=O)NC1=O. The maximum atomic E-state index is 11.9. The fourth-order valence-corrected chi connectivity index (χ4v) is 1.91. The molecule has 108 valence electrons. The number of imide groups is 1. The van der Waals surface area contributed by atoms with E-state index in [1.54, 1.807) is 0 Å². The highest BCUT2D eigenvalue weighted by atomic mass is 127. The molecule has 2 N–H and O–H groups in total. The lowest BCUT2D eigenvalue weighted by atomic mass is 10.3. The van der Waals surface area contributed by atoms with Gasteiger partial charge in [0.1, 0.15) is 0 Å². The van der Waals surface area contributed by atoms with Gasteiger partial charge in [0.15, 0.2) is 6.17 Å². The van der Waals surface area contributed by atoms with Gasteiger partial charge >= 0.3 is 12.1 Å². The number of nitrogens with one attached hydrogen (secondary N) is 2. The van der Waals surface area contributed by atoms with Crippen LogP contribution in [0, 0.1) is 0 Å². The number of ether oxygens (including phenoxy) is 1. The molecule has 0 saturated carbocycles. The van der Waals surface area contributed by atoms with E-state index in [9.17, 15) is 14.4 Å². The number of carbonyl (C=O) groups is 3. The summed E-state index contributed by atoms with van der Waals surface area (Å²) in [5, 5.41) is 4.51. The number of halogens is 1. The minimum Gasteiger partial charge on any atom is -0.449 e. The van der Waals surface area contributed by atoms with Crippen molar-refractivity contribution in [1.82, 2.24) is 15.5 Å². The monoisotopic (exact) mass is 383 g/mol. The van der Waals surface area contributed by atoms with E-state index in [2.05, 4.69) is 33.2 Å². The normalized spacial score (nSPS) is 17.9. The molecule has 7 nitrogen and oxygen atoms in total. The number of hydrogen-bond donors (Lipinski definition) is 2. The van der Waals surface area contributed by atoms with Gasteiger partial charge in [0.25, 0.3) is 5.91 Å². The molecule has 1 saturated heterocycles. The zero-order chi connectivity index (χ0) is 14.3. The summed E-state index contributed by atoms with van der Waals surface area (Å²) in [6.07, 6.45) is 0.880. The Hall–Kier alpha value is -1.06. The van der Waals surface area contributed by atoms with E-state index in [1.165, 1.54) is 4.90 Å². The van der Waals surface area contributed by atoms with Crippen molar-refractivity contribution in [3.8, 4) is 0 Å². The van der Waals surface area contributed by atoms with Crippen molar-refractivity contribution in [2.75, 3.05) is 17.6 Å². The Morgan fingerprint density at radius 2 is 2.16 bits per heavy atom. The molecular weight excluding hydrogens is 365 g/mol. The number of urea groups is 1. The maximum Gasteiger partial charge on any atom is 0.411 e. The van der Waals surface area contributed by atoms with Crippen molar-refractivity contribution in [3.05, 3.63) is 0 Å². The van der Waals surface area contributed by atoms with Crippen LogP contribution >= 0.6 is 22.6 Å². The van der Waals surface area contributed by atoms with E-state index >= 15 is 0 Å². The van der Waals surface area contributed by atoms with Crippen LogP contribution in [0.2, 0.25) is 0 Å². The Bertz CT molecular complexity index is 351. The van der Waals surface area contributed by atoms with Crippen LogP contribution in [-0.4, -0.2) is 46.7 Å². The summed E-state index contributed by atoms with van der Waals surface area (Å²) in [5.74, 6) is -0.522. The van der Waals surface area contributed by atoms with Crippen LogP contribution in [-0.2, 0) is 9.53 Å². The standard InChI is InChI=1S/C11H18IN3O4/c1-2-3-7-19-11(18)15(6-4-5-12)8-9(16)14-10(17)13-8/h8H,2-7H2,1H3,(H2,13,14,16,17). The van der Waals surface area contributed by atoms with Crippen LogP contribution in [0.15, 0.2) is 0 Å². The molecule has 0 bridgehead atoms. The van der Waals surface area contributed by atoms with Gasteiger partial charge in [-0.05, 0) is 12.8 Å². The van der Waals surface area contributed by atoms with Crippen LogP contribution in [0.25, 0.3) is 0 Å². The van der Waals surface area contributed by atoms with Crippen molar-refractivity contribution in [3.63, 3.8) is 0 Å². The Labute approximate surface area is 125 Å². The molecule has 1 rings (SSSR count). The average Bonchev–Trinajstić information content (AvgIpc) is 2.69. The Morgan fingerprint density at radius 1 is 1.42 bits per heavy atom. The molecule has 1 heterocycles. The fourth-order valence-electron chi connectivity index (χ4n) is 1.57. The predicted octanol–water partition coefficient (Wildman–Crippen LogP) is 1.22. The zero-order valence-corrected chi connectivity index (χ0v) is 12.9. The number of rotatable bonds is 7. The third-order valence-electron chi connectivity index (χ3n) is 2.56. The Kier molecular flexibility index (Phi) is 6.89. The Balaban J connectivity index is 2.62. The first-order valence-corrected chi connectivity index (χ1v) is 7.73. The summed E-state index contributed by atoms with van der Waals surface area (Å²) >= 11 is 2.18. The second kappa shape index (κ2) is 8.18. The van der Waals surface area contributed by atoms with E-state index in [1.807, 2.05) is 6.92 Å². The van der Waals surface area contributed by atoms with Crippen LogP contribution < -0.4 is 10.6 Å². The average molecular weight is 383 g/mol. The van der Waals surface area contributed by atoms with Crippen molar-refractivity contribution >= 4 is 40.6 Å². The van der Waals surface area contributed by atoms with Gasteiger partial charge < -0.3 is 10.1 Å². The topological polar surface area (TPSA) is 87.7 Å². The number of alkyl halides is 1. The molecule has 1 unspecified atom stereocenters. The number of unbranched alkanes of at least 4 members (excludes halogenated alkanes) is 1. The van der Waals surface area contributed by atoms with Gasteiger partial charge in [0, 0.05) is 11.0 Å². The summed E-state index contributed by atoms with van der Waals surface area (Å²) in [7, 11) is 0. The molecule has 0 aromatic carbocycles. The van der Waals surface area contributed by atoms with Gasteiger partial charge in [-0.15, -0.1) is 0 Å². The molecule has 1 aliphatic rings. The second-order valence-corrected chi connectivity index (χ2v) is 5.15. The van der Waals surface area contributed by atoms with Crippen molar-refractivity contribution in [2.45, 2.75) is 32.4 Å². The highest BCUT2D eigenvalue weighted by Crippen LogP contribution is 2.07. The molecule has 1 fully saturated rings. The number of nitrogens with zero attached hydrogens (tertiary/aromatic N) is 1. The van der Waals surface area contributed by atoms with Gasteiger partial charge in [-0.25, -0.2) is 9.59 Å². The molecule has 0 radical (unpaired) electrons. The van der Waals surface area contributed by atoms with Gasteiger partial charge in [0.2, 0.25) is 0 Å². The van der Waals surface area contributed by atoms with E-state index in [0.717, 1.165) is 23.7 Å². The smallest absolute Gasteiger partial charge is 0.411 e. The van der Waals surface area contributed by atoms with Crippen LogP contribution in [0.3, 0.4) is 0 Å². The van der Waals surface area contributed by atoms with Crippen LogP contribution in [0.1, 0.15) is 26.2 Å². The quantitative estimate of drug-likeness (QED) is 0.300. The molecule has 0 spiro atoms. The minimum absolute atomic E-state index is 0.318. The lowest BCUT2D eigenvalue weighted by Gasteiger charge is -2.25. The molecule has 1 atom stereocenters. The predicted molar refractivity (Wildman–Crippen MR) is 76.9 cm³/mol. The zero-order valence-electron chi connectivity index (χ0n) is 10.8. The first-order valence-electron chi connectivity index (χ1n) is 6.20. The molecule has 19 heavy (non-hydrogen) atoms. The van der Waals surface area contributed by atoms with E-state index in [-0.39, 0.29) is 0 Å². The first kappa shape index (κ1) is 16.0. The summed E-state index contributed by atoms with van der Waals surface area (Å²) in [4.78, 5) is 35.9. The lowest BCUT2D eigenvalue weighted by molar-refractivity contribution is -0.123. The Morgan fingerprint density at radius 3 is 2.68 bits per heavy atom. The van der Waals surface area contributed by atoms with E-state index < -0.39 is 24.2 Å². The summed E-state index contributed by atoms with van der Waals surface area (Å²) < 4.78 is 5.94. The van der Waals surface area contributed by atoms with Gasteiger partial charge in [0.05, 0.1) is 6.61 Å². The first-order chi connectivity index (χ1) is 9.10. The van der Waals surface area contributed by atoms with Crippen molar-refractivity contribution in [2.24, 2.45) is 0 Å². The highest BCUT2D eigenvalue weighted by molar-refractivity contribution is 14.1. The van der Waals surface area contributed by atoms with Gasteiger partial charge in [-0.2, -0.15) is 0 Å². The third-order valence-corrected chi connectivity index (χ3v) is 3.32. The summed E-state index contributed by atoms with van der Waals surface area (Å²) in [5.41, 5.74) is 0. The molecule has 0 aromatic rings. The summed E-state index contributed by atoms with van der Waals surface area (Å²) in [6.45, 7) is 2.68. The van der Waals surface area contributed by atoms with E-state index in [4.69, 9.17) is 4.74 Å². The maximum absolute atomic E-state index is 11.9. The number of amides is 4. The minimum atomic E-state index is -0.968. The number of carbonyl (C=O) groups excluding carboxylic acids is 3. The lowest BCUT2D eigenvalue weighted by Crippen LogP contribution is -2.50. The second-order valence-electron chi connectivity index (χ2n) is 4.07. The number of hydrogen-bond acceptors (Lipinski definition) is 4. The fraction of sp³-hybridized carbons (Fsp3) is 0.727. The highest BCUT2D eigenvalue weighted by Gasteiger charge is 2.37. The van der Waals surface area contributed by atoms with Crippen molar-refractivity contribution < 1.29 is 19.1 Å². The van der Waals surface area contributed by atoms with Crippen molar-refractivity contribution in [1.29, 1.82) is 0 Å². The molecule has 0 aromatic heterocycles.